The predicted octanol–water partition coefficient (Wildman–Crippen LogP) is 4.46. The summed E-state index contributed by atoms with van der Waals surface area (Å²) in [6.07, 6.45) is 0. The lowest BCUT2D eigenvalue weighted by atomic mass is 10.1. The molecule has 0 atom stereocenters. The lowest BCUT2D eigenvalue weighted by Crippen LogP contribution is -2.42. The molecule has 0 spiro atoms. The molecule has 6 nitrogen and oxygen atoms in total. The molecule has 2 heterocycles. The van der Waals surface area contributed by atoms with Crippen LogP contribution in [0.3, 0.4) is 0 Å². The summed E-state index contributed by atoms with van der Waals surface area (Å²) in [5, 5.41) is 6.40. The van der Waals surface area contributed by atoms with Crippen LogP contribution in [0.15, 0.2) is 71.1 Å². The van der Waals surface area contributed by atoms with Crippen molar-refractivity contribution in [2.75, 3.05) is 31.5 Å². The SMILES string of the molecule is Cc1ccc(C(=O)Nc2ccccc2-c2nc3c(CN4CCNCC4)cccc3o2)cc1. The van der Waals surface area contributed by atoms with Gasteiger partial charge in [0.1, 0.15) is 5.52 Å². The lowest BCUT2D eigenvalue weighted by molar-refractivity contribution is 0.102. The summed E-state index contributed by atoms with van der Waals surface area (Å²) in [6, 6.07) is 21.2. The monoisotopic (exact) mass is 426 g/mol. The molecule has 0 saturated carbocycles. The van der Waals surface area contributed by atoms with Crippen LogP contribution in [0.1, 0.15) is 21.5 Å². The van der Waals surface area contributed by atoms with Gasteiger partial charge in [-0.3, -0.25) is 9.69 Å². The van der Waals surface area contributed by atoms with Crippen molar-refractivity contribution in [3.63, 3.8) is 0 Å². The molecule has 2 N–H and O–H groups in total. The lowest BCUT2D eigenvalue weighted by Gasteiger charge is -2.27. The van der Waals surface area contributed by atoms with E-state index in [9.17, 15) is 4.79 Å². The Balaban J connectivity index is 1.44. The number of anilines is 1. The minimum absolute atomic E-state index is 0.159. The summed E-state index contributed by atoms with van der Waals surface area (Å²) in [5.41, 5.74) is 5.95. The maximum Gasteiger partial charge on any atom is 0.255 e. The van der Waals surface area contributed by atoms with Gasteiger partial charge in [-0.25, -0.2) is 4.98 Å². The van der Waals surface area contributed by atoms with Crippen molar-refractivity contribution in [3.05, 3.63) is 83.4 Å². The number of carbonyl (C=O) groups excluding carboxylic acids is 1. The minimum Gasteiger partial charge on any atom is -0.436 e. The van der Waals surface area contributed by atoms with Crippen LogP contribution in [0, 0.1) is 6.92 Å². The molecule has 3 aromatic carbocycles. The van der Waals surface area contributed by atoms with Crippen LogP contribution in [0.25, 0.3) is 22.6 Å². The highest BCUT2D eigenvalue weighted by atomic mass is 16.3. The maximum absolute atomic E-state index is 12.8. The van der Waals surface area contributed by atoms with E-state index in [1.54, 1.807) is 0 Å². The number of benzene rings is 3. The van der Waals surface area contributed by atoms with Crippen LogP contribution in [-0.2, 0) is 6.54 Å². The Hall–Kier alpha value is -3.48. The Morgan fingerprint density at radius 1 is 1.03 bits per heavy atom. The van der Waals surface area contributed by atoms with Crippen LogP contribution in [0.2, 0.25) is 0 Å². The van der Waals surface area contributed by atoms with Gasteiger partial charge in [-0.05, 0) is 42.8 Å². The second-order valence-electron chi connectivity index (χ2n) is 8.17. The number of piperazine rings is 1. The first-order valence-electron chi connectivity index (χ1n) is 11.0. The highest BCUT2D eigenvalue weighted by Crippen LogP contribution is 2.32. The molecule has 0 unspecified atom stereocenters. The molecule has 5 rings (SSSR count). The molecule has 0 aliphatic carbocycles. The summed E-state index contributed by atoms with van der Waals surface area (Å²) in [4.78, 5) is 20.1. The van der Waals surface area contributed by atoms with E-state index in [2.05, 4.69) is 21.6 Å². The standard InChI is InChI=1S/C26H26N4O2/c1-18-9-11-19(12-10-18)25(31)28-22-7-3-2-6-21(22)26-29-24-20(5-4-8-23(24)32-26)17-30-15-13-27-14-16-30/h2-12,27H,13-17H2,1H3,(H,28,31). The molecule has 0 radical (unpaired) electrons. The van der Waals surface area contributed by atoms with Crippen LogP contribution < -0.4 is 10.6 Å². The number of hydrogen-bond donors (Lipinski definition) is 2. The van der Waals surface area contributed by atoms with Crippen LogP contribution in [-0.4, -0.2) is 42.0 Å². The molecule has 1 saturated heterocycles. The van der Waals surface area contributed by atoms with Crippen molar-refractivity contribution in [2.24, 2.45) is 0 Å². The fourth-order valence-electron chi connectivity index (χ4n) is 4.04. The number of aromatic nitrogens is 1. The maximum atomic E-state index is 12.8. The number of hydrogen-bond acceptors (Lipinski definition) is 5. The van der Waals surface area contributed by atoms with Gasteiger partial charge in [-0.1, -0.05) is 42.0 Å². The first kappa shape index (κ1) is 20.4. The van der Waals surface area contributed by atoms with Gasteiger partial charge < -0.3 is 15.1 Å². The summed E-state index contributed by atoms with van der Waals surface area (Å²) >= 11 is 0. The molecule has 1 aliphatic heterocycles. The largest absolute Gasteiger partial charge is 0.436 e. The summed E-state index contributed by atoms with van der Waals surface area (Å²) < 4.78 is 6.13. The number of nitrogens with one attached hydrogen (secondary N) is 2. The fourth-order valence-corrected chi connectivity index (χ4v) is 4.04. The molecule has 1 aromatic heterocycles. The number of carbonyl (C=O) groups is 1. The van der Waals surface area contributed by atoms with Gasteiger partial charge in [-0.2, -0.15) is 0 Å². The van der Waals surface area contributed by atoms with Gasteiger partial charge in [0.15, 0.2) is 5.58 Å². The topological polar surface area (TPSA) is 70.4 Å². The van der Waals surface area contributed by atoms with Crippen LogP contribution in [0.5, 0.6) is 0 Å². The van der Waals surface area contributed by atoms with E-state index in [4.69, 9.17) is 9.40 Å². The number of fused-ring (bicyclic) bond motifs is 1. The van der Waals surface area contributed by atoms with Crippen LogP contribution >= 0.6 is 0 Å². The number of nitrogens with zero attached hydrogens (tertiary/aromatic N) is 2. The van der Waals surface area contributed by atoms with Gasteiger partial charge in [0.2, 0.25) is 5.89 Å². The van der Waals surface area contributed by atoms with E-state index in [1.807, 2.05) is 67.6 Å². The smallest absolute Gasteiger partial charge is 0.255 e. The second kappa shape index (κ2) is 8.94. The molecule has 4 aromatic rings. The Morgan fingerprint density at radius 2 is 1.81 bits per heavy atom. The third-order valence-electron chi connectivity index (χ3n) is 5.83. The molecule has 0 bridgehead atoms. The minimum atomic E-state index is -0.159. The van der Waals surface area contributed by atoms with Gasteiger partial charge >= 0.3 is 0 Å². The molecule has 32 heavy (non-hydrogen) atoms. The average Bonchev–Trinajstić information content (AvgIpc) is 3.26. The Bertz CT molecular complexity index is 1240. The molecule has 162 valence electrons. The van der Waals surface area contributed by atoms with Crippen molar-refractivity contribution in [1.29, 1.82) is 0 Å². The number of rotatable bonds is 5. The van der Waals surface area contributed by atoms with Crippen molar-refractivity contribution >= 4 is 22.7 Å². The molecule has 6 heteroatoms. The summed E-state index contributed by atoms with van der Waals surface area (Å²) in [6.45, 7) is 6.91. The molecule has 1 fully saturated rings. The Kier molecular flexibility index (Phi) is 5.71. The van der Waals surface area contributed by atoms with E-state index in [1.165, 1.54) is 0 Å². The molecular weight excluding hydrogens is 400 g/mol. The van der Waals surface area contributed by atoms with E-state index < -0.39 is 0 Å². The first-order valence-corrected chi connectivity index (χ1v) is 11.0. The van der Waals surface area contributed by atoms with Gasteiger partial charge in [0, 0.05) is 38.3 Å². The zero-order valence-corrected chi connectivity index (χ0v) is 18.1. The highest BCUT2D eigenvalue weighted by Gasteiger charge is 2.18. The number of oxazole rings is 1. The second-order valence-corrected chi connectivity index (χ2v) is 8.17. The number of aryl methyl sites for hydroxylation is 1. The van der Waals surface area contributed by atoms with Crippen molar-refractivity contribution in [3.8, 4) is 11.5 Å². The van der Waals surface area contributed by atoms with Crippen molar-refractivity contribution in [1.82, 2.24) is 15.2 Å². The zero-order chi connectivity index (χ0) is 21.9. The third kappa shape index (κ3) is 4.28. The third-order valence-corrected chi connectivity index (χ3v) is 5.83. The molecule has 1 aliphatic rings. The fraction of sp³-hybridized carbons (Fsp3) is 0.231. The Labute approximate surface area is 187 Å². The van der Waals surface area contributed by atoms with E-state index in [-0.39, 0.29) is 5.91 Å². The van der Waals surface area contributed by atoms with Gasteiger partial charge in [0.05, 0.1) is 11.3 Å². The number of para-hydroxylation sites is 2. The van der Waals surface area contributed by atoms with Gasteiger partial charge in [-0.15, -0.1) is 0 Å². The Morgan fingerprint density at radius 3 is 2.62 bits per heavy atom. The summed E-state index contributed by atoms with van der Waals surface area (Å²) in [5.74, 6) is 0.348. The predicted molar refractivity (Wildman–Crippen MR) is 127 cm³/mol. The van der Waals surface area contributed by atoms with E-state index in [0.29, 0.717) is 17.1 Å². The normalized spacial score (nSPS) is 14.5. The highest BCUT2D eigenvalue weighted by molar-refractivity contribution is 6.06. The van der Waals surface area contributed by atoms with Crippen molar-refractivity contribution < 1.29 is 9.21 Å². The summed E-state index contributed by atoms with van der Waals surface area (Å²) in [7, 11) is 0. The van der Waals surface area contributed by atoms with Gasteiger partial charge in [0.25, 0.3) is 5.91 Å². The van der Waals surface area contributed by atoms with Crippen LogP contribution in [0.4, 0.5) is 5.69 Å². The van der Waals surface area contributed by atoms with E-state index in [0.717, 1.165) is 60.5 Å². The number of amides is 1. The first-order chi connectivity index (χ1) is 15.7. The average molecular weight is 427 g/mol. The molecular formula is C26H26N4O2. The van der Waals surface area contributed by atoms with E-state index >= 15 is 0 Å². The molecule has 1 amide bonds. The van der Waals surface area contributed by atoms with Crippen molar-refractivity contribution in [2.45, 2.75) is 13.5 Å². The zero-order valence-electron chi connectivity index (χ0n) is 18.1. The quantitative estimate of drug-likeness (QED) is 0.493.